The van der Waals surface area contributed by atoms with Crippen LogP contribution in [0.3, 0.4) is 0 Å². The summed E-state index contributed by atoms with van der Waals surface area (Å²) in [7, 11) is 0. The predicted octanol–water partition coefficient (Wildman–Crippen LogP) is 3.56. The van der Waals surface area contributed by atoms with E-state index in [0.717, 1.165) is 25.1 Å². The molecule has 1 amide bonds. The first-order chi connectivity index (χ1) is 11.1. The van der Waals surface area contributed by atoms with Crippen molar-refractivity contribution in [2.45, 2.75) is 64.3 Å². The molecule has 3 heteroatoms. The minimum atomic E-state index is 0.0320. The molecule has 0 radical (unpaired) electrons. The lowest BCUT2D eigenvalue weighted by atomic mass is 9.90. The number of rotatable bonds is 4. The van der Waals surface area contributed by atoms with E-state index in [4.69, 9.17) is 0 Å². The van der Waals surface area contributed by atoms with Crippen LogP contribution in [0.1, 0.15) is 67.4 Å². The number of hydrogen-bond acceptors (Lipinski definition) is 2. The van der Waals surface area contributed by atoms with Crippen molar-refractivity contribution >= 4 is 5.91 Å². The molecule has 0 unspecified atom stereocenters. The van der Waals surface area contributed by atoms with Crippen LogP contribution in [0.5, 0.6) is 0 Å². The molecule has 1 aliphatic heterocycles. The number of nitrogens with one attached hydrogen (secondary N) is 1. The second kappa shape index (κ2) is 7.04. The molecule has 126 valence electrons. The van der Waals surface area contributed by atoms with Gasteiger partial charge in [-0.2, -0.15) is 0 Å². The first kappa shape index (κ1) is 16.5. The first-order valence-electron chi connectivity index (χ1n) is 9.21. The predicted molar refractivity (Wildman–Crippen MR) is 94.9 cm³/mol. The third-order valence-electron chi connectivity index (χ3n) is 5.50. The summed E-state index contributed by atoms with van der Waals surface area (Å²) in [6.45, 7) is 7.50. The third-order valence-corrected chi connectivity index (χ3v) is 5.50. The quantitative estimate of drug-likeness (QED) is 0.921. The molecule has 3 nitrogen and oxygen atoms in total. The molecule has 1 aromatic carbocycles. The van der Waals surface area contributed by atoms with Crippen LogP contribution in [0.4, 0.5) is 0 Å². The minimum absolute atomic E-state index is 0.0320. The number of hydrogen-bond donors (Lipinski definition) is 1. The second-order valence-corrected chi connectivity index (χ2v) is 7.73. The molecule has 23 heavy (non-hydrogen) atoms. The smallest absolute Gasteiger partial charge is 0.251 e. The Morgan fingerprint density at radius 2 is 1.74 bits per heavy atom. The van der Waals surface area contributed by atoms with Crippen molar-refractivity contribution in [1.29, 1.82) is 0 Å². The van der Waals surface area contributed by atoms with Gasteiger partial charge in [0.1, 0.15) is 0 Å². The summed E-state index contributed by atoms with van der Waals surface area (Å²) in [5, 5.41) is 3.16. The monoisotopic (exact) mass is 314 g/mol. The minimum Gasteiger partial charge on any atom is -0.350 e. The van der Waals surface area contributed by atoms with Crippen molar-refractivity contribution < 1.29 is 4.79 Å². The molecule has 0 spiro atoms. The molecule has 0 atom stereocenters. The lowest BCUT2D eigenvalue weighted by Gasteiger charge is -2.41. The van der Waals surface area contributed by atoms with Crippen molar-refractivity contribution in [2.75, 3.05) is 19.6 Å². The number of amides is 1. The van der Waals surface area contributed by atoms with E-state index in [2.05, 4.69) is 36.2 Å². The molecule has 1 heterocycles. The van der Waals surface area contributed by atoms with Crippen molar-refractivity contribution in [3.8, 4) is 0 Å². The Labute approximate surface area is 140 Å². The number of carbonyl (C=O) groups is 1. The van der Waals surface area contributed by atoms with Crippen LogP contribution in [-0.2, 0) is 12.8 Å². The fraction of sp³-hybridized carbons (Fsp3) is 0.650. The molecule has 3 rings (SSSR count). The maximum absolute atomic E-state index is 12.5. The second-order valence-electron chi connectivity index (χ2n) is 7.73. The van der Waals surface area contributed by atoms with Crippen LogP contribution in [0.25, 0.3) is 0 Å². The van der Waals surface area contributed by atoms with Gasteiger partial charge in [0.05, 0.1) is 0 Å². The van der Waals surface area contributed by atoms with Crippen molar-refractivity contribution in [1.82, 2.24) is 10.2 Å². The number of benzene rings is 1. The van der Waals surface area contributed by atoms with Crippen molar-refractivity contribution in [3.05, 3.63) is 34.9 Å². The zero-order valence-electron chi connectivity index (χ0n) is 14.7. The average Bonchev–Trinajstić information content (AvgIpc) is 2.60. The van der Waals surface area contributed by atoms with Gasteiger partial charge in [-0.15, -0.1) is 0 Å². The number of fused-ring (bicyclic) bond motifs is 1. The largest absolute Gasteiger partial charge is 0.350 e. The maximum Gasteiger partial charge on any atom is 0.251 e. The van der Waals surface area contributed by atoms with Gasteiger partial charge in [0.25, 0.3) is 5.91 Å². The van der Waals surface area contributed by atoms with Crippen LogP contribution >= 0.6 is 0 Å². The number of piperidine rings is 1. The SMILES string of the molecule is CC(C)(CNC(=O)c1ccc2c(c1)CCCC2)N1CCCCC1. The van der Waals surface area contributed by atoms with Crippen LogP contribution in [0.2, 0.25) is 0 Å². The van der Waals surface area contributed by atoms with E-state index in [9.17, 15) is 4.79 Å². The zero-order chi connectivity index (χ0) is 16.3. The summed E-state index contributed by atoms with van der Waals surface area (Å²) in [6.07, 6.45) is 8.72. The fourth-order valence-electron chi connectivity index (χ4n) is 3.88. The molecule has 1 saturated heterocycles. The number of nitrogens with zero attached hydrogens (tertiary/aromatic N) is 1. The Kier molecular flexibility index (Phi) is 5.05. The Hall–Kier alpha value is -1.35. The van der Waals surface area contributed by atoms with Gasteiger partial charge in [-0.05, 0) is 88.7 Å². The Morgan fingerprint density at radius 1 is 1.04 bits per heavy atom. The summed E-state index contributed by atoms with van der Waals surface area (Å²) in [5.74, 6) is 0.0726. The standard InChI is InChI=1S/C20H30N2O/c1-20(2,22-12-6-3-7-13-22)15-21-19(23)18-11-10-16-8-4-5-9-17(16)14-18/h10-11,14H,3-9,12-13,15H2,1-2H3,(H,21,23). The summed E-state index contributed by atoms with van der Waals surface area (Å²) < 4.78 is 0. The highest BCUT2D eigenvalue weighted by Crippen LogP contribution is 2.23. The Bertz CT molecular complexity index is 559. The van der Waals surface area contributed by atoms with Gasteiger partial charge in [0, 0.05) is 17.6 Å². The van der Waals surface area contributed by atoms with Crippen molar-refractivity contribution in [3.63, 3.8) is 0 Å². The highest BCUT2D eigenvalue weighted by atomic mass is 16.1. The third kappa shape index (κ3) is 3.95. The van der Waals surface area contributed by atoms with E-state index in [1.807, 2.05) is 6.07 Å². The molecule has 1 N–H and O–H groups in total. The normalized spacial score (nSPS) is 19.2. The summed E-state index contributed by atoms with van der Waals surface area (Å²) in [5.41, 5.74) is 3.66. The number of carbonyl (C=O) groups excluding carboxylic acids is 1. The zero-order valence-corrected chi connectivity index (χ0v) is 14.7. The topological polar surface area (TPSA) is 32.3 Å². The van der Waals surface area contributed by atoms with Gasteiger partial charge in [-0.25, -0.2) is 0 Å². The molecule has 2 aliphatic rings. The highest BCUT2D eigenvalue weighted by molar-refractivity contribution is 5.94. The lowest BCUT2D eigenvalue weighted by Crippen LogP contribution is -2.53. The summed E-state index contributed by atoms with van der Waals surface area (Å²) in [4.78, 5) is 15.0. The number of aryl methyl sites for hydroxylation is 2. The van der Waals surface area contributed by atoms with E-state index in [1.54, 1.807) is 0 Å². The molecule has 0 bridgehead atoms. The van der Waals surface area contributed by atoms with Crippen molar-refractivity contribution in [2.24, 2.45) is 0 Å². The van der Waals surface area contributed by atoms with Gasteiger partial charge in [0.2, 0.25) is 0 Å². The van der Waals surface area contributed by atoms with Gasteiger partial charge in [0.15, 0.2) is 0 Å². The summed E-state index contributed by atoms with van der Waals surface area (Å²) in [6, 6.07) is 6.25. The molecule has 1 fully saturated rings. The molecule has 0 saturated carbocycles. The van der Waals surface area contributed by atoms with Crippen LogP contribution < -0.4 is 5.32 Å². The lowest BCUT2D eigenvalue weighted by molar-refractivity contribution is 0.0797. The Morgan fingerprint density at radius 3 is 2.48 bits per heavy atom. The molecule has 0 aromatic heterocycles. The van der Waals surface area contributed by atoms with Gasteiger partial charge in [-0.1, -0.05) is 12.5 Å². The highest BCUT2D eigenvalue weighted by Gasteiger charge is 2.28. The maximum atomic E-state index is 12.5. The molecule has 1 aromatic rings. The van der Waals surface area contributed by atoms with E-state index in [-0.39, 0.29) is 11.4 Å². The van der Waals surface area contributed by atoms with Gasteiger partial charge >= 0.3 is 0 Å². The Balaban J connectivity index is 1.60. The molecule has 1 aliphatic carbocycles. The van der Waals surface area contributed by atoms with E-state index >= 15 is 0 Å². The van der Waals surface area contributed by atoms with Crippen LogP contribution in [0.15, 0.2) is 18.2 Å². The first-order valence-corrected chi connectivity index (χ1v) is 9.21. The van der Waals surface area contributed by atoms with E-state index in [1.165, 1.54) is 49.7 Å². The van der Waals surface area contributed by atoms with Crippen LogP contribution in [-0.4, -0.2) is 36.0 Å². The molecular weight excluding hydrogens is 284 g/mol. The molecular formula is C20H30N2O. The van der Waals surface area contributed by atoms with Gasteiger partial charge in [-0.3, -0.25) is 9.69 Å². The number of likely N-dealkylation sites (tertiary alicyclic amines) is 1. The fourth-order valence-corrected chi connectivity index (χ4v) is 3.88. The average molecular weight is 314 g/mol. The summed E-state index contributed by atoms with van der Waals surface area (Å²) >= 11 is 0. The van der Waals surface area contributed by atoms with Gasteiger partial charge < -0.3 is 5.32 Å². The van der Waals surface area contributed by atoms with Crippen LogP contribution in [0, 0.1) is 0 Å². The van der Waals surface area contributed by atoms with E-state index in [0.29, 0.717) is 6.54 Å². The van der Waals surface area contributed by atoms with E-state index < -0.39 is 0 Å².